The molecule has 0 aliphatic heterocycles. The highest BCUT2D eigenvalue weighted by atomic mass is 15.2. The second-order valence-corrected chi connectivity index (χ2v) is 3.83. The number of rotatable bonds is 2. The molecule has 2 heterocycles. The van der Waals surface area contributed by atoms with Crippen molar-refractivity contribution in [1.29, 1.82) is 0 Å². The Morgan fingerprint density at radius 2 is 1.72 bits per heavy atom. The molecule has 90 valence electrons. The van der Waals surface area contributed by atoms with E-state index in [1.807, 2.05) is 28.8 Å². The van der Waals surface area contributed by atoms with Gasteiger partial charge >= 0.3 is 0 Å². The standard InChI is InChI=1S/C11H11N7/c12-10-15-9(16-11(13)17-10)5-18-6-14-7-3-1-2-4-8(7)18/h1-4,6H,5H2,(H4,12,13,15,16,17). The topological polar surface area (TPSA) is 109 Å². The van der Waals surface area contributed by atoms with Crippen LogP contribution in [0.4, 0.5) is 11.9 Å². The van der Waals surface area contributed by atoms with Crippen molar-refractivity contribution in [2.24, 2.45) is 0 Å². The van der Waals surface area contributed by atoms with Crippen LogP contribution in [0, 0.1) is 0 Å². The van der Waals surface area contributed by atoms with Gasteiger partial charge in [-0.05, 0) is 12.1 Å². The molecule has 0 radical (unpaired) electrons. The van der Waals surface area contributed by atoms with Gasteiger partial charge in [0.25, 0.3) is 0 Å². The summed E-state index contributed by atoms with van der Waals surface area (Å²) in [6.07, 6.45) is 1.74. The molecule has 0 aliphatic rings. The summed E-state index contributed by atoms with van der Waals surface area (Å²) in [6, 6.07) is 7.83. The minimum atomic E-state index is 0.127. The van der Waals surface area contributed by atoms with Gasteiger partial charge in [0.2, 0.25) is 11.9 Å². The Kier molecular flexibility index (Phi) is 2.30. The Morgan fingerprint density at radius 3 is 2.50 bits per heavy atom. The normalized spacial score (nSPS) is 10.9. The van der Waals surface area contributed by atoms with Crippen molar-refractivity contribution in [2.45, 2.75) is 6.54 Å². The number of hydrogen-bond donors (Lipinski definition) is 2. The van der Waals surface area contributed by atoms with E-state index in [9.17, 15) is 0 Å². The molecule has 0 fully saturated rings. The van der Waals surface area contributed by atoms with E-state index >= 15 is 0 Å². The summed E-state index contributed by atoms with van der Waals surface area (Å²) in [7, 11) is 0. The van der Waals surface area contributed by atoms with Crippen LogP contribution < -0.4 is 11.5 Å². The van der Waals surface area contributed by atoms with Crippen LogP contribution in [-0.4, -0.2) is 24.5 Å². The van der Waals surface area contributed by atoms with Gasteiger partial charge in [-0.25, -0.2) is 4.98 Å². The van der Waals surface area contributed by atoms with Crippen molar-refractivity contribution in [3.63, 3.8) is 0 Å². The summed E-state index contributed by atoms with van der Waals surface area (Å²) in [5.41, 5.74) is 13.0. The summed E-state index contributed by atoms with van der Waals surface area (Å²) in [6.45, 7) is 0.456. The minimum absolute atomic E-state index is 0.127. The number of aromatic nitrogens is 5. The summed E-state index contributed by atoms with van der Waals surface area (Å²) >= 11 is 0. The number of hydrogen-bond acceptors (Lipinski definition) is 6. The number of nitrogen functional groups attached to an aromatic ring is 2. The van der Waals surface area contributed by atoms with E-state index in [1.165, 1.54) is 0 Å². The highest BCUT2D eigenvalue weighted by Gasteiger charge is 2.06. The summed E-state index contributed by atoms with van der Waals surface area (Å²) in [5.74, 6) is 0.770. The maximum atomic E-state index is 5.53. The van der Waals surface area contributed by atoms with Gasteiger partial charge < -0.3 is 16.0 Å². The van der Waals surface area contributed by atoms with E-state index in [1.54, 1.807) is 6.33 Å². The van der Waals surface area contributed by atoms with Gasteiger partial charge in [0.05, 0.1) is 23.9 Å². The number of nitrogens with two attached hydrogens (primary N) is 2. The highest BCUT2D eigenvalue weighted by Crippen LogP contribution is 2.13. The highest BCUT2D eigenvalue weighted by molar-refractivity contribution is 5.74. The Labute approximate surface area is 103 Å². The molecule has 3 aromatic rings. The molecule has 0 saturated heterocycles. The first-order valence-electron chi connectivity index (χ1n) is 5.38. The zero-order chi connectivity index (χ0) is 12.5. The smallest absolute Gasteiger partial charge is 0.225 e. The van der Waals surface area contributed by atoms with Crippen molar-refractivity contribution in [1.82, 2.24) is 24.5 Å². The molecule has 7 heteroatoms. The third-order valence-corrected chi connectivity index (χ3v) is 2.56. The lowest BCUT2D eigenvalue weighted by atomic mass is 10.3. The van der Waals surface area contributed by atoms with Crippen LogP contribution in [0.3, 0.4) is 0 Å². The largest absolute Gasteiger partial charge is 0.368 e. The molecule has 0 saturated carbocycles. The fraction of sp³-hybridized carbons (Fsp3) is 0.0909. The van der Waals surface area contributed by atoms with Gasteiger partial charge in [0.15, 0.2) is 5.82 Å². The fourth-order valence-corrected chi connectivity index (χ4v) is 1.82. The first-order chi connectivity index (χ1) is 8.72. The van der Waals surface area contributed by atoms with Crippen molar-refractivity contribution in [2.75, 3.05) is 11.5 Å². The predicted octanol–water partition coefficient (Wildman–Crippen LogP) is 0.434. The molecule has 0 atom stereocenters. The Hall–Kier alpha value is -2.70. The molecule has 0 bridgehead atoms. The van der Waals surface area contributed by atoms with Crippen LogP contribution in [0.15, 0.2) is 30.6 Å². The molecule has 2 aromatic heterocycles. The average molecular weight is 241 g/mol. The molecule has 0 spiro atoms. The first-order valence-corrected chi connectivity index (χ1v) is 5.38. The fourth-order valence-electron chi connectivity index (χ4n) is 1.82. The van der Waals surface area contributed by atoms with Gasteiger partial charge in [-0.15, -0.1) is 0 Å². The van der Waals surface area contributed by atoms with Crippen LogP contribution in [0.5, 0.6) is 0 Å². The number of imidazole rings is 1. The first kappa shape index (κ1) is 10.5. The second kappa shape index (κ2) is 3.95. The number of para-hydroxylation sites is 2. The summed E-state index contributed by atoms with van der Waals surface area (Å²) in [5, 5.41) is 0. The number of anilines is 2. The van der Waals surface area contributed by atoms with Crippen LogP contribution in [0.25, 0.3) is 11.0 Å². The molecule has 0 aliphatic carbocycles. The second-order valence-electron chi connectivity index (χ2n) is 3.83. The number of benzene rings is 1. The SMILES string of the molecule is Nc1nc(N)nc(Cn2cnc3ccccc32)n1. The van der Waals surface area contributed by atoms with E-state index in [0.29, 0.717) is 12.4 Å². The lowest BCUT2D eigenvalue weighted by Gasteiger charge is -2.04. The van der Waals surface area contributed by atoms with Crippen LogP contribution in [-0.2, 0) is 6.54 Å². The van der Waals surface area contributed by atoms with Gasteiger partial charge in [-0.1, -0.05) is 12.1 Å². The van der Waals surface area contributed by atoms with E-state index in [2.05, 4.69) is 19.9 Å². The van der Waals surface area contributed by atoms with Crippen molar-refractivity contribution >= 4 is 22.9 Å². The molecule has 4 N–H and O–H groups in total. The van der Waals surface area contributed by atoms with Gasteiger partial charge in [-0.3, -0.25) is 0 Å². The maximum absolute atomic E-state index is 5.53. The zero-order valence-corrected chi connectivity index (χ0v) is 9.48. The zero-order valence-electron chi connectivity index (χ0n) is 9.48. The van der Waals surface area contributed by atoms with Crippen molar-refractivity contribution in [3.8, 4) is 0 Å². The number of nitrogens with zero attached hydrogens (tertiary/aromatic N) is 5. The summed E-state index contributed by atoms with van der Waals surface area (Å²) < 4.78 is 1.93. The van der Waals surface area contributed by atoms with E-state index in [4.69, 9.17) is 11.5 Å². The quantitative estimate of drug-likeness (QED) is 0.673. The predicted molar refractivity (Wildman–Crippen MR) is 67.5 cm³/mol. The third kappa shape index (κ3) is 1.81. The summed E-state index contributed by atoms with van der Waals surface area (Å²) in [4.78, 5) is 16.1. The van der Waals surface area contributed by atoms with Crippen molar-refractivity contribution in [3.05, 3.63) is 36.4 Å². The molecule has 7 nitrogen and oxygen atoms in total. The Morgan fingerprint density at radius 1 is 1.00 bits per heavy atom. The molecule has 0 amide bonds. The molecule has 3 rings (SSSR count). The molecule has 0 unspecified atom stereocenters. The van der Waals surface area contributed by atoms with Gasteiger partial charge in [0.1, 0.15) is 0 Å². The Balaban J connectivity index is 2.01. The minimum Gasteiger partial charge on any atom is -0.368 e. The van der Waals surface area contributed by atoms with Crippen molar-refractivity contribution < 1.29 is 0 Å². The van der Waals surface area contributed by atoms with Gasteiger partial charge in [-0.2, -0.15) is 15.0 Å². The molecule has 18 heavy (non-hydrogen) atoms. The molecule has 1 aromatic carbocycles. The van der Waals surface area contributed by atoms with Crippen LogP contribution in [0.2, 0.25) is 0 Å². The van der Waals surface area contributed by atoms with Crippen LogP contribution >= 0.6 is 0 Å². The van der Waals surface area contributed by atoms with E-state index in [-0.39, 0.29) is 11.9 Å². The maximum Gasteiger partial charge on any atom is 0.225 e. The lowest BCUT2D eigenvalue weighted by molar-refractivity contribution is 0.759. The average Bonchev–Trinajstić information content (AvgIpc) is 2.72. The molecular weight excluding hydrogens is 230 g/mol. The lowest BCUT2D eigenvalue weighted by Crippen LogP contribution is -2.09. The van der Waals surface area contributed by atoms with Crippen LogP contribution in [0.1, 0.15) is 5.82 Å². The monoisotopic (exact) mass is 241 g/mol. The van der Waals surface area contributed by atoms with E-state index in [0.717, 1.165) is 11.0 Å². The Bertz CT molecular complexity index is 683. The molecular formula is C11H11N7. The van der Waals surface area contributed by atoms with Gasteiger partial charge in [0, 0.05) is 0 Å². The number of fused-ring (bicyclic) bond motifs is 1. The van der Waals surface area contributed by atoms with E-state index < -0.39 is 0 Å². The third-order valence-electron chi connectivity index (χ3n) is 2.56.